The highest BCUT2D eigenvalue weighted by atomic mass is 35.5. The van der Waals surface area contributed by atoms with Gasteiger partial charge in [-0.2, -0.15) is 4.99 Å². The second-order valence-corrected chi connectivity index (χ2v) is 6.87. The van der Waals surface area contributed by atoms with Crippen LogP contribution in [0.25, 0.3) is 16.3 Å². The average molecular weight is 367 g/mol. The standard InChI is InChI=1S/C20H15ClN2OS/c1-3-12-23-17-10-8-14(2)13-18(17)25-20(23)22-19(24)11-9-15-6-4-5-7-16(15)21/h1,4-11,13H,12H2,2H3. The molecule has 3 rings (SSSR count). The Kier molecular flexibility index (Phi) is 5.18. The molecule has 0 aliphatic carbocycles. The molecule has 0 saturated heterocycles. The van der Waals surface area contributed by atoms with Crippen LogP contribution in [0.15, 0.2) is 53.5 Å². The molecule has 0 bridgehead atoms. The number of carbonyl (C=O) groups excluding carboxylic acids is 1. The molecule has 0 aliphatic rings. The van der Waals surface area contributed by atoms with E-state index in [9.17, 15) is 4.79 Å². The number of rotatable bonds is 3. The van der Waals surface area contributed by atoms with Crippen molar-refractivity contribution >= 4 is 45.1 Å². The molecule has 0 atom stereocenters. The van der Waals surface area contributed by atoms with Crippen molar-refractivity contribution in [3.05, 3.63) is 69.5 Å². The number of benzene rings is 2. The van der Waals surface area contributed by atoms with Gasteiger partial charge in [0, 0.05) is 11.1 Å². The van der Waals surface area contributed by atoms with Crippen molar-refractivity contribution in [2.24, 2.45) is 4.99 Å². The third-order valence-electron chi connectivity index (χ3n) is 3.60. The Balaban J connectivity index is 2.00. The van der Waals surface area contributed by atoms with Gasteiger partial charge >= 0.3 is 0 Å². The van der Waals surface area contributed by atoms with Crippen LogP contribution < -0.4 is 4.80 Å². The van der Waals surface area contributed by atoms with Gasteiger partial charge in [0.05, 0.1) is 16.8 Å². The van der Waals surface area contributed by atoms with Gasteiger partial charge in [-0.3, -0.25) is 4.79 Å². The van der Waals surface area contributed by atoms with Crippen LogP contribution in [0.3, 0.4) is 0 Å². The van der Waals surface area contributed by atoms with Gasteiger partial charge in [-0.15, -0.1) is 6.42 Å². The maximum Gasteiger partial charge on any atom is 0.272 e. The molecule has 1 aromatic heterocycles. The number of aromatic nitrogens is 1. The van der Waals surface area contributed by atoms with E-state index in [1.165, 1.54) is 17.4 Å². The summed E-state index contributed by atoms with van der Waals surface area (Å²) >= 11 is 7.54. The summed E-state index contributed by atoms with van der Waals surface area (Å²) in [6.45, 7) is 2.39. The van der Waals surface area contributed by atoms with E-state index < -0.39 is 0 Å². The molecule has 2 aromatic carbocycles. The molecular weight excluding hydrogens is 352 g/mol. The maximum atomic E-state index is 12.2. The Morgan fingerprint density at radius 2 is 2.16 bits per heavy atom. The largest absolute Gasteiger partial charge is 0.305 e. The third kappa shape index (κ3) is 3.90. The van der Waals surface area contributed by atoms with Crippen molar-refractivity contribution < 1.29 is 4.79 Å². The highest BCUT2D eigenvalue weighted by Crippen LogP contribution is 2.19. The van der Waals surface area contributed by atoms with E-state index in [0.717, 1.165) is 21.3 Å². The third-order valence-corrected chi connectivity index (χ3v) is 4.99. The lowest BCUT2D eigenvalue weighted by Crippen LogP contribution is -2.15. The molecule has 0 fully saturated rings. The number of fused-ring (bicyclic) bond motifs is 1. The van der Waals surface area contributed by atoms with Crippen molar-refractivity contribution in [1.82, 2.24) is 4.57 Å². The molecule has 0 aliphatic heterocycles. The van der Waals surface area contributed by atoms with Gasteiger partial charge in [0.2, 0.25) is 0 Å². The van der Waals surface area contributed by atoms with Crippen molar-refractivity contribution in [2.75, 3.05) is 0 Å². The van der Waals surface area contributed by atoms with Crippen LogP contribution in [-0.2, 0) is 11.3 Å². The van der Waals surface area contributed by atoms with E-state index in [2.05, 4.69) is 17.0 Å². The first-order valence-corrected chi connectivity index (χ1v) is 8.82. The Bertz CT molecular complexity index is 1080. The Labute approximate surface area is 154 Å². The summed E-state index contributed by atoms with van der Waals surface area (Å²) in [5.74, 6) is 2.27. The van der Waals surface area contributed by atoms with E-state index in [1.54, 1.807) is 12.1 Å². The Morgan fingerprint density at radius 1 is 1.36 bits per heavy atom. The molecule has 3 aromatic rings. The second kappa shape index (κ2) is 7.52. The zero-order valence-electron chi connectivity index (χ0n) is 13.6. The van der Waals surface area contributed by atoms with Gasteiger partial charge < -0.3 is 4.57 Å². The van der Waals surface area contributed by atoms with E-state index in [0.29, 0.717) is 16.4 Å². The molecule has 0 N–H and O–H groups in total. The van der Waals surface area contributed by atoms with Gasteiger partial charge in [-0.1, -0.05) is 53.1 Å². The number of halogens is 1. The van der Waals surface area contributed by atoms with E-state index in [-0.39, 0.29) is 5.91 Å². The average Bonchev–Trinajstić information content (AvgIpc) is 2.91. The summed E-state index contributed by atoms with van der Waals surface area (Å²) in [6, 6.07) is 13.4. The van der Waals surface area contributed by atoms with Crippen LogP contribution >= 0.6 is 22.9 Å². The maximum absolute atomic E-state index is 12.2. The predicted octanol–water partition coefficient (Wildman–Crippen LogP) is 4.44. The highest BCUT2D eigenvalue weighted by Gasteiger charge is 2.06. The van der Waals surface area contributed by atoms with Crippen molar-refractivity contribution in [1.29, 1.82) is 0 Å². The second-order valence-electron chi connectivity index (χ2n) is 5.45. The summed E-state index contributed by atoms with van der Waals surface area (Å²) in [4.78, 5) is 17.0. The van der Waals surface area contributed by atoms with Crippen LogP contribution in [0, 0.1) is 19.3 Å². The lowest BCUT2D eigenvalue weighted by molar-refractivity contribution is -0.113. The summed E-state index contributed by atoms with van der Waals surface area (Å²) in [5.41, 5.74) is 2.91. The number of hydrogen-bond donors (Lipinski definition) is 0. The minimum atomic E-state index is -0.353. The SMILES string of the molecule is C#CCn1c(=NC(=O)C=Cc2ccccc2Cl)sc2cc(C)ccc21. The van der Waals surface area contributed by atoms with Gasteiger partial charge in [-0.05, 0) is 42.3 Å². The summed E-state index contributed by atoms with van der Waals surface area (Å²) in [6.07, 6.45) is 8.55. The number of nitrogens with zero attached hydrogens (tertiary/aromatic N) is 2. The minimum absolute atomic E-state index is 0.353. The number of amides is 1. The first kappa shape index (κ1) is 17.2. The lowest BCUT2D eigenvalue weighted by Gasteiger charge is -1.99. The Hall–Kier alpha value is -2.61. The molecular formula is C20H15ClN2OS. The molecule has 0 radical (unpaired) electrons. The quantitative estimate of drug-likeness (QED) is 0.498. The van der Waals surface area contributed by atoms with Crippen LogP contribution in [0.5, 0.6) is 0 Å². The van der Waals surface area contributed by atoms with E-state index in [4.69, 9.17) is 18.0 Å². The van der Waals surface area contributed by atoms with Gasteiger partial charge in [0.15, 0.2) is 4.80 Å². The molecule has 1 heterocycles. The smallest absolute Gasteiger partial charge is 0.272 e. The molecule has 0 spiro atoms. The molecule has 124 valence electrons. The lowest BCUT2D eigenvalue weighted by atomic mass is 10.2. The first-order chi connectivity index (χ1) is 12.1. The van der Waals surface area contributed by atoms with Gasteiger partial charge in [-0.25, -0.2) is 0 Å². The Morgan fingerprint density at radius 3 is 2.92 bits per heavy atom. The molecule has 0 saturated carbocycles. The van der Waals surface area contributed by atoms with Crippen LogP contribution in [0.2, 0.25) is 5.02 Å². The van der Waals surface area contributed by atoms with Crippen molar-refractivity contribution in [3.8, 4) is 12.3 Å². The molecule has 5 heteroatoms. The fourth-order valence-electron chi connectivity index (χ4n) is 2.41. The van der Waals surface area contributed by atoms with Crippen LogP contribution in [-0.4, -0.2) is 10.5 Å². The number of aryl methyl sites for hydroxylation is 1. The zero-order valence-corrected chi connectivity index (χ0v) is 15.1. The topological polar surface area (TPSA) is 34.4 Å². The van der Waals surface area contributed by atoms with Crippen molar-refractivity contribution in [3.63, 3.8) is 0 Å². The van der Waals surface area contributed by atoms with E-state index >= 15 is 0 Å². The predicted molar refractivity (Wildman–Crippen MR) is 104 cm³/mol. The van der Waals surface area contributed by atoms with Crippen molar-refractivity contribution in [2.45, 2.75) is 13.5 Å². The monoisotopic (exact) mass is 366 g/mol. The van der Waals surface area contributed by atoms with Crippen LogP contribution in [0.4, 0.5) is 0 Å². The zero-order chi connectivity index (χ0) is 17.8. The molecule has 0 unspecified atom stereocenters. The normalized spacial score (nSPS) is 12.0. The van der Waals surface area contributed by atoms with Crippen LogP contribution in [0.1, 0.15) is 11.1 Å². The molecule has 1 amide bonds. The fourth-order valence-corrected chi connectivity index (χ4v) is 3.74. The number of hydrogen-bond acceptors (Lipinski definition) is 2. The first-order valence-electron chi connectivity index (χ1n) is 7.63. The number of thiazole rings is 1. The summed E-state index contributed by atoms with van der Waals surface area (Å²) < 4.78 is 2.93. The van der Waals surface area contributed by atoms with E-state index in [1.807, 2.05) is 41.8 Å². The van der Waals surface area contributed by atoms with Gasteiger partial charge in [0.1, 0.15) is 0 Å². The summed E-state index contributed by atoms with van der Waals surface area (Å²) in [5, 5.41) is 0.589. The minimum Gasteiger partial charge on any atom is -0.305 e. The fraction of sp³-hybridized carbons (Fsp3) is 0.100. The number of carbonyl (C=O) groups is 1. The van der Waals surface area contributed by atoms with Gasteiger partial charge in [0.25, 0.3) is 5.91 Å². The summed E-state index contributed by atoms with van der Waals surface area (Å²) in [7, 11) is 0. The highest BCUT2D eigenvalue weighted by molar-refractivity contribution is 7.16. The molecule has 25 heavy (non-hydrogen) atoms. The number of terminal acetylenes is 1. The molecule has 3 nitrogen and oxygen atoms in total.